The number of hydrogen-bond donors (Lipinski definition) is 2. The molecule has 1 aromatic carbocycles. The summed E-state index contributed by atoms with van der Waals surface area (Å²) in [6, 6.07) is 8.09. The van der Waals surface area contributed by atoms with E-state index in [1.807, 2.05) is 31.2 Å². The number of rotatable bonds is 4. The number of aryl methyl sites for hydroxylation is 1. The lowest BCUT2D eigenvalue weighted by atomic mass is 9.92. The number of carbonyl (C=O) groups is 1. The van der Waals surface area contributed by atoms with Crippen molar-refractivity contribution in [3.63, 3.8) is 0 Å². The maximum atomic E-state index is 12.1. The number of carbonyl (C=O) groups excluding carboxylic acids is 1. The molecule has 1 heterocycles. The van der Waals surface area contributed by atoms with Crippen LogP contribution in [0.1, 0.15) is 25.3 Å². The standard InChI is InChI=1S/C16H25N3O.ClH/c1-12-5-3-7-15(9-12)18-16(20)11-19-8-4-6-14(10-19)13(2)17;/h3,5,7,9,13-14H,4,6,8,10-11,17H2,1-2H3,(H,18,20);1H. The van der Waals surface area contributed by atoms with E-state index in [0.29, 0.717) is 12.5 Å². The van der Waals surface area contributed by atoms with Gasteiger partial charge in [0.1, 0.15) is 0 Å². The van der Waals surface area contributed by atoms with E-state index in [2.05, 4.69) is 17.1 Å². The summed E-state index contributed by atoms with van der Waals surface area (Å²) in [4.78, 5) is 14.3. The van der Waals surface area contributed by atoms with E-state index in [0.717, 1.165) is 30.8 Å². The average Bonchev–Trinajstić information content (AvgIpc) is 2.38. The molecule has 3 N–H and O–H groups in total. The zero-order valence-corrected chi connectivity index (χ0v) is 13.7. The third-order valence-corrected chi connectivity index (χ3v) is 3.95. The Kier molecular flexibility index (Phi) is 7.15. The highest BCUT2D eigenvalue weighted by molar-refractivity contribution is 5.92. The Morgan fingerprint density at radius 2 is 2.29 bits per heavy atom. The number of halogens is 1. The van der Waals surface area contributed by atoms with Crippen LogP contribution in [-0.2, 0) is 4.79 Å². The maximum absolute atomic E-state index is 12.1. The van der Waals surface area contributed by atoms with Crippen molar-refractivity contribution in [2.24, 2.45) is 11.7 Å². The van der Waals surface area contributed by atoms with Crippen LogP contribution in [-0.4, -0.2) is 36.5 Å². The zero-order valence-electron chi connectivity index (χ0n) is 12.8. The van der Waals surface area contributed by atoms with Gasteiger partial charge < -0.3 is 11.1 Å². The van der Waals surface area contributed by atoms with Gasteiger partial charge in [0.15, 0.2) is 0 Å². The molecule has 5 heteroatoms. The summed E-state index contributed by atoms with van der Waals surface area (Å²) in [5.74, 6) is 0.566. The minimum Gasteiger partial charge on any atom is -0.328 e. The molecule has 0 aromatic heterocycles. The minimum absolute atomic E-state index is 0. The van der Waals surface area contributed by atoms with E-state index in [1.54, 1.807) is 0 Å². The molecule has 0 saturated carbocycles. The van der Waals surface area contributed by atoms with Gasteiger partial charge in [0.05, 0.1) is 6.54 Å². The number of benzene rings is 1. The highest BCUT2D eigenvalue weighted by Gasteiger charge is 2.23. The van der Waals surface area contributed by atoms with Crippen LogP contribution < -0.4 is 11.1 Å². The molecule has 1 fully saturated rings. The van der Waals surface area contributed by atoms with Gasteiger partial charge in [0, 0.05) is 18.3 Å². The zero-order chi connectivity index (χ0) is 14.5. The third-order valence-electron chi connectivity index (χ3n) is 3.95. The first-order valence-corrected chi connectivity index (χ1v) is 7.39. The molecule has 1 aliphatic rings. The van der Waals surface area contributed by atoms with Crippen molar-refractivity contribution in [2.75, 3.05) is 25.0 Å². The molecule has 2 unspecified atom stereocenters. The Labute approximate surface area is 133 Å². The molecule has 0 radical (unpaired) electrons. The average molecular weight is 312 g/mol. The fourth-order valence-electron chi connectivity index (χ4n) is 2.79. The lowest BCUT2D eigenvalue weighted by Crippen LogP contribution is -2.45. The Morgan fingerprint density at radius 3 is 2.95 bits per heavy atom. The van der Waals surface area contributed by atoms with Crippen molar-refractivity contribution in [2.45, 2.75) is 32.7 Å². The quantitative estimate of drug-likeness (QED) is 0.898. The lowest BCUT2D eigenvalue weighted by molar-refractivity contribution is -0.117. The SMILES string of the molecule is Cc1cccc(NC(=O)CN2CCCC(C(C)N)C2)c1.Cl. The first-order chi connectivity index (χ1) is 9.54. The number of anilines is 1. The molecule has 2 rings (SSSR count). The Bertz CT molecular complexity index is 465. The lowest BCUT2D eigenvalue weighted by Gasteiger charge is -2.34. The third kappa shape index (κ3) is 5.65. The first kappa shape index (κ1) is 18.0. The largest absolute Gasteiger partial charge is 0.328 e. The van der Waals surface area contributed by atoms with Gasteiger partial charge in [-0.2, -0.15) is 0 Å². The van der Waals surface area contributed by atoms with Crippen LogP contribution in [0.3, 0.4) is 0 Å². The van der Waals surface area contributed by atoms with Gasteiger partial charge in [-0.1, -0.05) is 12.1 Å². The normalized spacial score (nSPS) is 20.4. The molecular formula is C16H26ClN3O. The number of likely N-dealkylation sites (tertiary alicyclic amines) is 1. The second-order valence-corrected chi connectivity index (χ2v) is 5.91. The van der Waals surface area contributed by atoms with Gasteiger partial charge in [-0.15, -0.1) is 12.4 Å². The van der Waals surface area contributed by atoms with E-state index in [4.69, 9.17) is 5.73 Å². The molecule has 1 aromatic rings. The molecular weight excluding hydrogens is 286 g/mol. The number of nitrogens with two attached hydrogens (primary N) is 1. The van der Waals surface area contributed by atoms with E-state index in [1.165, 1.54) is 6.42 Å². The van der Waals surface area contributed by atoms with Crippen molar-refractivity contribution in [1.29, 1.82) is 0 Å². The van der Waals surface area contributed by atoms with Gasteiger partial charge in [-0.05, 0) is 56.8 Å². The Hall–Kier alpha value is -1.10. The van der Waals surface area contributed by atoms with Crippen molar-refractivity contribution < 1.29 is 4.79 Å². The van der Waals surface area contributed by atoms with Crippen LogP contribution in [0, 0.1) is 12.8 Å². The number of amides is 1. The molecule has 1 aliphatic heterocycles. The highest BCUT2D eigenvalue weighted by Crippen LogP contribution is 2.18. The summed E-state index contributed by atoms with van der Waals surface area (Å²) in [5, 5.41) is 2.96. The van der Waals surface area contributed by atoms with Gasteiger partial charge in [-0.3, -0.25) is 9.69 Å². The summed E-state index contributed by atoms with van der Waals surface area (Å²) >= 11 is 0. The summed E-state index contributed by atoms with van der Waals surface area (Å²) in [5.41, 5.74) is 7.99. The second kappa shape index (κ2) is 8.37. The molecule has 1 saturated heterocycles. The number of nitrogens with zero attached hydrogens (tertiary/aromatic N) is 1. The molecule has 2 atom stereocenters. The van der Waals surface area contributed by atoms with Crippen LogP contribution in [0.25, 0.3) is 0 Å². The van der Waals surface area contributed by atoms with Crippen molar-refractivity contribution >= 4 is 24.0 Å². The monoisotopic (exact) mass is 311 g/mol. The second-order valence-electron chi connectivity index (χ2n) is 5.91. The predicted octanol–water partition coefficient (Wildman–Crippen LogP) is 2.41. The van der Waals surface area contributed by atoms with E-state index >= 15 is 0 Å². The molecule has 21 heavy (non-hydrogen) atoms. The van der Waals surface area contributed by atoms with Gasteiger partial charge in [0.25, 0.3) is 0 Å². The van der Waals surface area contributed by atoms with Gasteiger partial charge in [0.2, 0.25) is 5.91 Å². The molecule has 1 amide bonds. The van der Waals surface area contributed by atoms with E-state index in [-0.39, 0.29) is 24.4 Å². The molecule has 0 aliphatic carbocycles. The van der Waals surface area contributed by atoms with Gasteiger partial charge >= 0.3 is 0 Å². The van der Waals surface area contributed by atoms with Crippen LogP contribution in [0.2, 0.25) is 0 Å². The molecule has 0 bridgehead atoms. The van der Waals surface area contributed by atoms with Crippen molar-refractivity contribution in [3.8, 4) is 0 Å². The minimum atomic E-state index is 0. The van der Waals surface area contributed by atoms with Crippen molar-refractivity contribution in [3.05, 3.63) is 29.8 Å². The number of piperidine rings is 1. The topological polar surface area (TPSA) is 58.4 Å². The Balaban J connectivity index is 0.00000220. The summed E-state index contributed by atoms with van der Waals surface area (Å²) in [6.07, 6.45) is 2.30. The van der Waals surface area contributed by atoms with Crippen molar-refractivity contribution in [1.82, 2.24) is 4.90 Å². The Morgan fingerprint density at radius 1 is 1.52 bits per heavy atom. The highest BCUT2D eigenvalue weighted by atomic mass is 35.5. The van der Waals surface area contributed by atoms with Crippen LogP contribution in [0.5, 0.6) is 0 Å². The summed E-state index contributed by atoms with van der Waals surface area (Å²) < 4.78 is 0. The number of nitrogens with one attached hydrogen (secondary N) is 1. The fraction of sp³-hybridized carbons (Fsp3) is 0.562. The molecule has 0 spiro atoms. The summed E-state index contributed by atoms with van der Waals surface area (Å²) in [6.45, 7) is 6.45. The van der Waals surface area contributed by atoms with E-state index in [9.17, 15) is 4.79 Å². The van der Waals surface area contributed by atoms with Crippen LogP contribution in [0.4, 0.5) is 5.69 Å². The first-order valence-electron chi connectivity index (χ1n) is 7.39. The van der Waals surface area contributed by atoms with Crippen LogP contribution >= 0.6 is 12.4 Å². The number of hydrogen-bond acceptors (Lipinski definition) is 3. The maximum Gasteiger partial charge on any atom is 0.238 e. The smallest absolute Gasteiger partial charge is 0.238 e. The van der Waals surface area contributed by atoms with E-state index < -0.39 is 0 Å². The fourth-order valence-corrected chi connectivity index (χ4v) is 2.79. The van der Waals surface area contributed by atoms with Crippen LogP contribution in [0.15, 0.2) is 24.3 Å². The predicted molar refractivity (Wildman–Crippen MR) is 89.9 cm³/mol. The van der Waals surface area contributed by atoms with Gasteiger partial charge in [-0.25, -0.2) is 0 Å². The summed E-state index contributed by atoms with van der Waals surface area (Å²) in [7, 11) is 0. The molecule has 4 nitrogen and oxygen atoms in total. The molecule has 118 valence electrons.